The molecule has 1 saturated heterocycles. The summed E-state index contributed by atoms with van der Waals surface area (Å²) in [6.45, 7) is 3.24. The van der Waals surface area contributed by atoms with E-state index in [1.165, 1.54) is 6.07 Å². The molecule has 2 nitrogen and oxygen atoms in total. The topological polar surface area (TPSA) is 35.2 Å². The molecule has 1 aliphatic rings. The molecule has 4 heteroatoms. The minimum Gasteiger partial charge on any atom is -0.377 e. The van der Waals surface area contributed by atoms with Crippen molar-refractivity contribution in [2.24, 2.45) is 5.73 Å². The van der Waals surface area contributed by atoms with E-state index in [9.17, 15) is 4.39 Å². The molecule has 2 N–H and O–H groups in total. The fraction of sp³-hybridized carbons (Fsp3) is 0.500. The molecule has 2 rings (SSSR count). The van der Waals surface area contributed by atoms with Crippen molar-refractivity contribution in [3.8, 4) is 0 Å². The van der Waals surface area contributed by atoms with E-state index in [0.717, 1.165) is 23.5 Å². The van der Waals surface area contributed by atoms with Crippen LogP contribution in [0.5, 0.6) is 0 Å². The third-order valence-electron chi connectivity index (χ3n) is 2.76. The predicted molar refractivity (Wildman–Crippen MR) is 64.0 cm³/mol. The Labute approximate surface area is 99.4 Å². The maximum absolute atomic E-state index is 13.3. The lowest BCUT2D eigenvalue weighted by molar-refractivity contribution is 0.127. The summed E-state index contributed by atoms with van der Waals surface area (Å²) in [5, 5.41) is 0.424. The zero-order valence-electron chi connectivity index (χ0n) is 9.28. The van der Waals surface area contributed by atoms with Crippen LogP contribution in [0.15, 0.2) is 23.1 Å². The molecular formula is C12H16FNOS. The monoisotopic (exact) mass is 241 g/mol. The van der Waals surface area contributed by atoms with Gasteiger partial charge in [0.05, 0.1) is 6.10 Å². The van der Waals surface area contributed by atoms with Crippen molar-refractivity contribution in [1.82, 2.24) is 0 Å². The normalized spacial score (nSPS) is 24.9. The lowest BCUT2D eigenvalue weighted by Gasteiger charge is -2.14. The SMILES string of the molecule is CC1OCCC1Sc1cc(F)cc(CN)c1. The Morgan fingerprint density at radius 2 is 2.31 bits per heavy atom. The Bertz CT molecular complexity index is 372. The van der Waals surface area contributed by atoms with Gasteiger partial charge in [-0.15, -0.1) is 11.8 Å². The van der Waals surface area contributed by atoms with Gasteiger partial charge in [-0.3, -0.25) is 0 Å². The van der Waals surface area contributed by atoms with E-state index in [4.69, 9.17) is 10.5 Å². The largest absolute Gasteiger partial charge is 0.377 e. The van der Waals surface area contributed by atoms with Crippen molar-refractivity contribution in [3.63, 3.8) is 0 Å². The van der Waals surface area contributed by atoms with E-state index in [1.54, 1.807) is 17.8 Å². The number of benzene rings is 1. The van der Waals surface area contributed by atoms with E-state index in [2.05, 4.69) is 6.92 Å². The molecular weight excluding hydrogens is 225 g/mol. The fourth-order valence-electron chi connectivity index (χ4n) is 1.85. The van der Waals surface area contributed by atoms with E-state index >= 15 is 0 Å². The first kappa shape index (κ1) is 11.9. The summed E-state index contributed by atoms with van der Waals surface area (Å²) in [6.07, 6.45) is 1.27. The molecule has 16 heavy (non-hydrogen) atoms. The zero-order valence-corrected chi connectivity index (χ0v) is 10.1. The van der Waals surface area contributed by atoms with Crippen molar-refractivity contribution in [2.75, 3.05) is 6.61 Å². The third kappa shape index (κ3) is 2.75. The quantitative estimate of drug-likeness (QED) is 0.883. The van der Waals surface area contributed by atoms with E-state index < -0.39 is 0 Å². The number of hydrogen-bond donors (Lipinski definition) is 1. The van der Waals surface area contributed by atoms with E-state index in [0.29, 0.717) is 11.8 Å². The molecule has 88 valence electrons. The van der Waals surface area contributed by atoms with Gasteiger partial charge in [0.15, 0.2) is 0 Å². The van der Waals surface area contributed by atoms with Crippen LogP contribution < -0.4 is 5.73 Å². The minimum absolute atomic E-state index is 0.211. The summed E-state index contributed by atoms with van der Waals surface area (Å²) in [5.74, 6) is -0.211. The van der Waals surface area contributed by atoms with Crippen LogP contribution in [0.25, 0.3) is 0 Å². The number of hydrogen-bond acceptors (Lipinski definition) is 3. The second-order valence-corrected chi connectivity index (χ2v) is 5.33. The molecule has 0 radical (unpaired) electrons. The van der Waals surface area contributed by atoms with Crippen LogP contribution in [-0.2, 0) is 11.3 Å². The van der Waals surface area contributed by atoms with Crippen LogP contribution >= 0.6 is 11.8 Å². The number of ether oxygens (including phenoxy) is 1. The molecule has 2 unspecified atom stereocenters. The summed E-state index contributed by atoms with van der Waals surface area (Å²) in [5.41, 5.74) is 6.36. The first-order valence-corrected chi connectivity index (χ1v) is 6.35. The molecule has 0 aromatic heterocycles. The van der Waals surface area contributed by atoms with Crippen LogP contribution in [0.3, 0.4) is 0 Å². The smallest absolute Gasteiger partial charge is 0.124 e. The van der Waals surface area contributed by atoms with Gasteiger partial charge in [-0.05, 0) is 37.1 Å². The van der Waals surface area contributed by atoms with Gasteiger partial charge in [0.2, 0.25) is 0 Å². The molecule has 0 bridgehead atoms. The van der Waals surface area contributed by atoms with Crippen LogP contribution in [0.4, 0.5) is 4.39 Å². The molecule has 0 spiro atoms. The zero-order chi connectivity index (χ0) is 11.5. The summed E-state index contributed by atoms with van der Waals surface area (Å²) in [4.78, 5) is 0.947. The summed E-state index contributed by atoms with van der Waals surface area (Å²) >= 11 is 1.68. The first-order chi connectivity index (χ1) is 7.69. The molecule has 0 amide bonds. The van der Waals surface area contributed by atoms with E-state index in [1.807, 2.05) is 6.07 Å². The highest BCUT2D eigenvalue weighted by Gasteiger charge is 2.25. The van der Waals surface area contributed by atoms with Crippen LogP contribution in [0.1, 0.15) is 18.9 Å². The Balaban J connectivity index is 2.11. The molecule has 1 fully saturated rings. The number of nitrogens with two attached hydrogens (primary N) is 1. The Morgan fingerprint density at radius 3 is 2.94 bits per heavy atom. The van der Waals surface area contributed by atoms with Crippen molar-refractivity contribution >= 4 is 11.8 Å². The summed E-state index contributed by atoms with van der Waals surface area (Å²) < 4.78 is 18.8. The molecule has 1 aliphatic heterocycles. The van der Waals surface area contributed by atoms with Crippen molar-refractivity contribution < 1.29 is 9.13 Å². The Hall–Kier alpha value is -0.580. The molecule has 1 aromatic carbocycles. The summed E-state index contributed by atoms with van der Waals surface area (Å²) in [6, 6.07) is 5.01. The highest BCUT2D eigenvalue weighted by atomic mass is 32.2. The van der Waals surface area contributed by atoms with Crippen molar-refractivity contribution in [3.05, 3.63) is 29.6 Å². The maximum atomic E-state index is 13.3. The van der Waals surface area contributed by atoms with Gasteiger partial charge in [0.25, 0.3) is 0 Å². The van der Waals surface area contributed by atoms with Gasteiger partial charge in [-0.2, -0.15) is 0 Å². The van der Waals surface area contributed by atoms with Gasteiger partial charge in [0.1, 0.15) is 5.82 Å². The van der Waals surface area contributed by atoms with Gasteiger partial charge in [0, 0.05) is 23.3 Å². The van der Waals surface area contributed by atoms with Gasteiger partial charge in [-0.25, -0.2) is 4.39 Å². The molecule has 1 heterocycles. The molecule has 1 aromatic rings. The van der Waals surface area contributed by atoms with Crippen molar-refractivity contribution in [1.29, 1.82) is 0 Å². The Kier molecular flexibility index (Phi) is 3.84. The first-order valence-electron chi connectivity index (χ1n) is 5.47. The van der Waals surface area contributed by atoms with Crippen LogP contribution in [0, 0.1) is 5.82 Å². The average molecular weight is 241 g/mol. The Morgan fingerprint density at radius 1 is 1.50 bits per heavy atom. The predicted octanol–water partition coefficient (Wildman–Crippen LogP) is 2.55. The number of rotatable bonds is 3. The van der Waals surface area contributed by atoms with Gasteiger partial charge >= 0.3 is 0 Å². The molecule has 2 atom stereocenters. The van der Waals surface area contributed by atoms with Gasteiger partial charge < -0.3 is 10.5 Å². The molecule has 0 saturated carbocycles. The van der Waals surface area contributed by atoms with Crippen molar-refractivity contribution in [2.45, 2.75) is 36.1 Å². The maximum Gasteiger partial charge on any atom is 0.124 e. The highest BCUT2D eigenvalue weighted by Crippen LogP contribution is 2.33. The average Bonchev–Trinajstić information content (AvgIpc) is 2.63. The summed E-state index contributed by atoms with van der Waals surface area (Å²) in [7, 11) is 0. The third-order valence-corrected chi connectivity index (χ3v) is 4.19. The fourth-order valence-corrected chi connectivity index (χ4v) is 3.08. The second-order valence-electron chi connectivity index (χ2n) is 4.02. The lowest BCUT2D eigenvalue weighted by atomic mass is 10.2. The minimum atomic E-state index is -0.211. The van der Waals surface area contributed by atoms with Gasteiger partial charge in [-0.1, -0.05) is 0 Å². The highest BCUT2D eigenvalue weighted by molar-refractivity contribution is 8.00. The lowest BCUT2D eigenvalue weighted by Crippen LogP contribution is -2.13. The van der Waals surface area contributed by atoms with Crippen LogP contribution in [-0.4, -0.2) is 18.0 Å². The molecule has 0 aliphatic carbocycles. The second kappa shape index (κ2) is 5.17. The van der Waals surface area contributed by atoms with E-state index in [-0.39, 0.29) is 11.9 Å². The standard InChI is InChI=1S/C12H16FNOS/c1-8-12(2-3-15-8)16-11-5-9(7-14)4-10(13)6-11/h4-6,8,12H,2-3,7,14H2,1H3. The number of halogens is 1. The van der Waals surface area contributed by atoms with Crippen LogP contribution in [0.2, 0.25) is 0 Å². The number of thioether (sulfide) groups is 1.